The first-order valence-corrected chi connectivity index (χ1v) is 2.78. The quantitative estimate of drug-likeness (QED) is 0.492. The van der Waals surface area contributed by atoms with Crippen molar-refractivity contribution in [2.75, 3.05) is 0 Å². The zero-order valence-corrected chi connectivity index (χ0v) is 5.05. The molecular weight excluding hydrogens is 118 g/mol. The summed E-state index contributed by atoms with van der Waals surface area (Å²) in [5.41, 5.74) is 4.93. The molecule has 1 aliphatic rings. The SMILES string of the molecule is C=C1CCC1(N)C(=O)O. The van der Waals surface area contributed by atoms with Crippen molar-refractivity contribution in [3.8, 4) is 0 Å². The molecule has 9 heavy (non-hydrogen) atoms. The average Bonchev–Trinajstić information content (AvgIpc) is 1.82. The van der Waals surface area contributed by atoms with Gasteiger partial charge < -0.3 is 10.8 Å². The van der Waals surface area contributed by atoms with E-state index in [9.17, 15) is 4.79 Å². The number of nitrogens with two attached hydrogens (primary N) is 1. The highest BCUT2D eigenvalue weighted by molar-refractivity contribution is 5.84. The molecule has 1 saturated carbocycles. The molecule has 3 heteroatoms. The van der Waals surface area contributed by atoms with E-state index in [4.69, 9.17) is 10.8 Å². The van der Waals surface area contributed by atoms with Crippen LogP contribution in [0.25, 0.3) is 0 Å². The fraction of sp³-hybridized carbons (Fsp3) is 0.500. The Bertz CT molecular complexity index is 166. The lowest BCUT2D eigenvalue weighted by Gasteiger charge is -2.36. The van der Waals surface area contributed by atoms with Gasteiger partial charge in [-0.3, -0.25) is 0 Å². The second kappa shape index (κ2) is 1.57. The Morgan fingerprint density at radius 3 is 2.44 bits per heavy atom. The van der Waals surface area contributed by atoms with Gasteiger partial charge in [0.25, 0.3) is 0 Å². The number of hydrogen-bond acceptors (Lipinski definition) is 2. The van der Waals surface area contributed by atoms with Gasteiger partial charge in [-0.1, -0.05) is 6.58 Å². The molecule has 0 spiro atoms. The van der Waals surface area contributed by atoms with E-state index in [0.29, 0.717) is 12.0 Å². The molecule has 0 aliphatic heterocycles. The van der Waals surface area contributed by atoms with Gasteiger partial charge in [0.2, 0.25) is 0 Å². The Balaban J connectivity index is 2.76. The minimum atomic E-state index is -1.10. The van der Waals surface area contributed by atoms with Crippen molar-refractivity contribution in [3.63, 3.8) is 0 Å². The van der Waals surface area contributed by atoms with Crippen LogP contribution in [0.4, 0.5) is 0 Å². The third-order valence-electron chi connectivity index (χ3n) is 1.83. The first kappa shape index (κ1) is 6.29. The van der Waals surface area contributed by atoms with E-state index in [1.165, 1.54) is 0 Å². The third-order valence-corrected chi connectivity index (χ3v) is 1.83. The van der Waals surface area contributed by atoms with Gasteiger partial charge in [0.15, 0.2) is 0 Å². The summed E-state index contributed by atoms with van der Waals surface area (Å²) < 4.78 is 0. The Hall–Kier alpha value is -0.830. The van der Waals surface area contributed by atoms with E-state index in [0.717, 1.165) is 6.42 Å². The van der Waals surface area contributed by atoms with E-state index in [1.54, 1.807) is 0 Å². The van der Waals surface area contributed by atoms with E-state index in [2.05, 4.69) is 6.58 Å². The molecule has 0 radical (unpaired) electrons. The van der Waals surface area contributed by atoms with Crippen molar-refractivity contribution >= 4 is 5.97 Å². The Kier molecular flexibility index (Phi) is 1.10. The van der Waals surface area contributed by atoms with Gasteiger partial charge in [-0.15, -0.1) is 0 Å². The number of hydrogen-bond donors (Lipinski definition) is 2. The Labute approximate surface area is 53.2 Å². The predicted octanol–water partition coefficient (Wildman–Crippen LogP) is 0.119. The van der Waals surface area contributed by atoms with Crippen LogP contribution in [0.3, 0.4) is 0 Å². The molecule has 50 valence electrons. The molecule has 1 fully saturated rings. The van der Waals surface area contributed by atoms with E-state index < -0.39 is 11.5 Å². The minimum absolute atomic E-state index is 0.529. The van der Waals surface area contributed by atoms with Gasteiger partial charge in [-0.05, 0) is 18.4 Å². The first-order chi connectivity index (χ1) is 4.07. The topological polar surface area (TPSA) is 63.3 Å². The van der Waals surface area contributed by atoms with Crippen molar-refractivity contribution in [2.45, 2.75) is 18.4 Å². The van der Waals surface area contributed by atoms with Gasteiger partial charge in [0.1, 0.15) is 5.54 Å². The molecule has 3 nitrogen and oxygen atoms in total. The van der Waals surface area contributed by atoms with Crippen LogP contribution < -0.4 is 5.73 Å². The van der Waals surface area contributed by atoms with E-state index in [-0.39, 0.29) is 0 Å². The number of aliphatic carboxylic acids is 1. The minimum Gasteiger partial charge on any atom is -0.480 e. The van der Waals surface area contributed by atoms with Crippen LogP contribution in [-0.4, -0.2) is 16.6 Å². The molecule has 1 unspecified atom stereocenters. The van der Waals surface area contributed by atoms with E-state index >= 15 is 0 Å². The molecule has 1 aliphatic carbocycles. The average molecular weight is 127 g/mol. The summed E-state index contributed by atoms with van der Waals surface area (Å²) in [5.74, 6) is -0.959. The third kappa shape index (κ3) is 0.650. The second-order valence-electron chi connectivity index (χ2n) is 2.38. The Morgan fingerprint density at radius 1 is 1.89 bits per heavy atom. The molecule has 1 rings (SSSR count). The summed E-state index contributed by atoms with van der Waals surface area (Å²) in [4.78, 5) is 10.3. The van der Waals surface area contributed by atoms with Gasteiger partial charge in [0.05, 0.1) is 0 Å². The number of rotatable bonds is 1. The normalized spacial score (nSPS) is 33.7. The molecule has 0 aromatic heterocycles. The van der Waals surface area contributed by atoms with Crippen molar-refractivity contribution in [3.05, 3.63) is 12.2 Å². The molecule has 0 bridgehead atoms. The molecule has 0 aromatic carbocycles. The summed E-state index contributed by atoms with van der Waals surface area (Å²) in [6, 6.07) is 0. The summed E-state index contributed by atoms with van der Waals surface area (Å²) in [6.07, 6.45) is 1.28. The molecule has 1 atom stereocenters. The highest BCUT2D eigenvalue weighted by Crippen LogP contribution is 2.34. The first-order valence-electron chi connectivity index (χ1n) is 2.78. The number of carboxylic acids is 1. The monoisotopic (exact) mass is 127 g/mol. The highest BCUT2D eigenvalue weighted by Gasteiger charge is 2.43. The molecule has 0 saturated heterocycles. The largest absolute Gasteiger partial charge is 0.480 e. The maximum Gasteiger partial charge on any atom is 0.327 e. The van der Waals surface area contributed by atoms with Crippen molar-refractivity contribution < 1.29 is 9.90 Å². The van der Waals surface area contributed by atoms with Crippen LogP contribution in [0.15, 0.2) is 12.2 Å². The molecule has 0 aromatic rings. The van der Waals surface area contributed by atoms with E-state index in [1.807, 2.05) is 0 Å². The lowest BCUT2D eigenvalue weighted by atomic mass is 9.73. The van der Waals surface area contributed by atoms with Crippen molar-refractivity contribution in [1.82, 2.24) is 0 Å². The summed E-state index contributed by atoms with van der Waals surface area (Å²) in [7, 11) is 0. The van der Waals surface area contributed by atoms with Gasteiger partial charge in [-0.2, -0.15) is 0 Å². The maximum absolute atomic E-state index is 10.3. The standard InChI is InChI=1S/C6H9NO2/c1-4-2-3-6(4,7)5(8)9/h1-3,7H2,(H,8,9). The fourth-order valence-electron chi connectivity index (χ4n) is 0.829. The lowest BCUT2D eigenvalue weighted by Crippen LogP contribution is -2.55. The highest BCUT2D eigenvalue weighted by atomic mass is 16.4. The van der Waals surface area contributed by atoms with Crippen LogP contribution in [0.5, 0.6) is 0 Å². The van der Waals surface area contributed by atoms with Crippen LogP contribution in [-0.2, 0) is 4.79 Å². The van der Waals surface area contributed by atoms with Gasteiger partial charge >= 0.3 is 5.97 Å². The number of carboxylic acid groups (broad SMARTS) is 1. The van der Waals surface area contributed by atoms with Crippen LogP contribution in [0.1, 0.15) is 12.8 Å². The fourth-order valence-corrected chi connectivity index (χ4v) is 0.829. The zero-order valence-electron chi connectivity index (χ0n) is 5.05. The predicted molar refractivity (Wildman–Crippen MR) is 32.9 cm³/mol. The van der Waals surface area contributed by atoms with Crippen LogP contribution in [0.2, 0.25) is 0 Å². The smallest absolute Gasteiger partial charge is 0.327 e. The van der Waals surface area contributed by atoms with Crippen LogP contribution in [0, 0.1) is 0 Å². The molecule has 0 heterocycles. The maximum atomic E-state index is 10.3. The number of carbonyl (C=O) groups is 1. The summed E-state index contributed by atoms with van der Waals surface area (Å²) >= 11 is 0. The molecule has 0 amide bonds. The second-order valence-corrected chi connectivity index (χ2v) is 2.38. The summed E-state index contributed by atoms with van der Waals surface area (Å²) in [6.45, 7) is 3.53. The zero-order chi connectivity index (χ0) is 7.07. The van der Waals surface area contributed by atoms with Gasteiger partial charge in [0, 0.05) is 0 Å². The molecule has 3 N–H and O–H groups in total. The van der Waals surface area contributed by atoms with Crippen molar-refractivity contribution in [2.24, 2.45) is 5.73 Å². The van der Waals surface area contributed by atoms with Gasteiger partial charge in [-0.25, -0.2) is 4.79 Å². The van der Waals surface area contributed by atoms with Crippen LogP contribution >= 0.6 is 0 Å². The molecular formula is C6H9NO2. The Morgan fingerprint density at radius 2 is 2.44 bits per heavy atom. The van der Waals surface area contributed by atoms with Crippen molar-refractivity contribution in [1.29, 1.82) is 0 Å². The summed E-state index contributed by atoms with van der Waals surface area (Å²) in [5, 5.41) is 8.48. The lowest BCUT2D eigenvalue weighted by molar-refractivity contribution is -0.143.